The minimum Gasteiger partial charge on any atom is -0.507 e. The highest BCUT2D eigenvalue weighted by molar-refractivity contribution is 6.12. The van der Waals surface area contributed by atoms with E-state index in [-0.39, 0.29) is 47.5 Å². The maximum atomic E-state index is 13.1. The van der Waals surface area contributed by atoms with Crippen LogP contribution < -0.4 is 25.8 Å². The Bertz CT molecular complexity index is 3650. The first-order valence-corrected chi connectivity index (χ1v) is 22.0. The fourth-order valence-electron chi connectivity index (χ4n) is 7.28. The number of hydrogen-bond donors (Lipinski definition) is 5. The number of phenols is 2. The lowest BCUT2D eigenvalue weighted by Crippen LogP contribution is -2.12. The number of allylic oxidation sites excluding steroid dienone is 3. The minimum absolute atomic E-state index is 0. The van der Waals surface area contributed by atoms with E-state index in [2.05, 4.69) is 52.0 Å². The molecule has 0 saturated heterocycles. The number of aromatic hydroxyl groups is 2. The van der Waals surface area contributed by atoms with Gasteiger partial charge in [-0.3, -0.25) is 9.59 Å². The van der Waals surface area contributed by atoms with Gasteiger partial charge in [-0.25, -0.2) is 19.9 Å². The number of nitrogens with zero attached hydrogens (tertiary/aromatic N) is 10. The van der Waals surface area contributed by atoms with E-state index in [0.29, 0.717) is 62.3 Å². The lowest BCUT2D eigenvalue weighted by atomic mass is 10.0. The van der Waals surface area contributed by atoms with Crippen LogP contribution in [0, 0.1) is 22.7 Å². The highest BCUT2D eigenvalue weighted by atomic mass is 16.5. The van der Waals surface area contributed by atoms with E-state index >= 15 is 0 Å². The van der Waals surface area contributed by atoms with E-state index in [4.69, 9.17) is 20.5 Å². The molecule has 1 unspecified atom stereocenters. The molecule has 0 fully saturated rings. The van der Waals surface area contributed by atoms with E-state index < -0.39 is 11.8 Å². The fraction of sp³-hybridized carbons (Fsp3) is 0.0727. The van der Waals surface area contributed by atoms with Crippen LogP contribution in [-0.2, 0) is 0 Å². The molecule has 1 aliphatic carbocycles. The average Bonchev–Trinajstić information content (AvgIpc) is 4.03. The molecule has 6 N–H and O–H groups in total. The molecular formula is C55H45N13O6. The number of aromatic nitrogens is 6. The van der Waals surface area contributed by atoms with Crippen LogP contribution in [0.5, 0.6) is 23.0 Å². The molecular weight excluding hydrogens is 939 g/mol. The number of rotatable bonds is 10. The van der Waals surface area contributed by atoms with E-state index in [0.717, 1.165) is 10.8 Å². The number of ether oxygens (including phenoxy) is 2. The molecule has 19 nitrogen and oxygen atoms in total. The number of nitrogens with two attached hydrogens (primary N) is 1. The third-order valence-corrected chi connectivity index (χ3v) is 11.0. The van der Waals surface area contributed by atoms with Crippen LogP contribution in [0.3, 0.4) is 0 Å². The van der Waals surface area contributed by atoms with Crippen molar-refractivity contribution in [1.29, 1.82) is 10.5 Å². The monoisotopic (exact) mass is 983 g/mol. The zero-order valence-corrected chi connectivity index (χ0v) is 38.8. The molecule has 3 heterocycles. The first-order valence-electron chi connectivity index (χ1n) is 22.0. The van der Waals surface area contributed by atoms with Crippen molar-refractivity contribution in [2.24, 2.45) is 10.2 Å². The summed E-state index contributed by atoms with van der Waals surface area (Å²) in [5, 5.41) is 60.7. The van der Waals surface area contributed by atoms with E-state index in [1.807, 2.05) is 42.5 Å². The van der Waals surface area contributed by atoms with Crippen LogP contribution in [0.4, 0.5) is 22.9 Å². The topological polar surface area (TPSA) is 285 Å². The standard InChI is InChI=1S/C28H20N6O3.C18H15NO3.C8H6N6.CH4/c1-37-20-10-8-19(9-11-20)32-28(36)23-15-17-5-2-3-6-21(17)25(26(23)35)34-33-24-18(16-29)7-12-22(24)27-30-13-4-14-31-27;1-22-15-8-6-14(7-9-15)19-18(21)16-10-12-4-2-3-5-13(12)11-17(16)20;9-4-6-5-13-14(7(6)10)8-11-2-1-3-12-8;/h2-15,22,35H,1H3,(H,32,36);2-11,20H,1H3,(H,19,21);1-3,5H,10H2;1H4. The summed E-state index contributed by atoms with van der Waals surface area (Å²) in [4.78, 5) is 41.9. The summed E-state index contributed by atoms with van der Waals surface area (Å²) in [5.74, 6) is 0.746. The van der Waals surface area contributed by atoms with Gasteiger partial charge in [0, 0.05) is 41.5 Å². The zero-order chi connectivity index (χ0) is 51.3. The predicted molar refractivity (Wildman–Crippen MR) is 279 cm³/mol. The van der Waals surface area contributed by atoms with Crippen LogP contribution >= 0.6 is 0 Å². The Kier molecular flexibility index (Phi) is 16.3. The summed E-state index contributed by atoms with van der Waals surface area (Å²) in [5.41, 5.74) is 8.19. The second kappa shape index (κ2) is 23.7. The van der Waals surface area contributed by atoms with Gasteiger partial charge < -0.3 is 36.1 Å². The Morgan fingerprint density at radius 1 is 0.689 bits per heavy atom. The quantitative estimate of drug-likeness (QED) is 0.0797. The molecule has 0 radical (unpaired) electrons. The summed E-state index contributed by atoms with van der Waals surface area (Å²) in [6.45, 7) is 0. The Labute approximate surface area is 423 Å². The lowest BCUT2D eigenvalue weighted by Gasteiger charge is -2.12. The number of hydrogen-bond acceptors (Lipinski definition) is 16. The third-order valence-electron chi connectivity index (χ3n) is 11.0. The van der Waals surface area contributed by atoms with Crippen LogP contribution in [0.25, 0.3) is 27.5 Å². The zero-order valence-electron chi connectivity index (χ0n) is 38.8. The second-order valence-electron chi connectivity index (χ2n) is 15.5. The summed E-state index contributed by atoms with van der Waals surface area (Å²) >= 11 is 0. The Morgan fingerprint density at radius 2 is 1.23 bits per heavy atom. The molecule has 0 aliphatic heterocycles. The van der Waals surface area contributed by atoms with Crippen LogP contribution in [0.1, 0.15) is 45.4 Å². The van der Waals surface area contributed by atoms with Crippen molar-refractivity contribution < 1.29 is 29.3 Å². The molecule has 3 aromatic heterocycles. The van der Waals surface area contributed by atoms with E-state index in [1.165, 1.54) is 10.9 Å². The largest absolute Gasteiger partial charge is 0.507 e. The van der Waals surface area contributed by atoms with Crippen LogP contribution in [-0.4, -0.2) is 66.0 Å². The van der Waals surface area contributed by atoms with Gasteiger partial charge in [0.2, 0.25) is 0 Å². The summed E-state index contributed by atoms with van der Waals surface area (Å²) in [6.07, 6.45) is 11.2. The van der Waals surface area contributed by atoms with Crippen LogP contribution in [0.2, 0.25) is 0 Å². The number of nitrogens with one attached hydrogen (secondary N) is 2. The number of azo groups is 1. The second-order valence-corrected chi connectivity index (χ2v) is 15.5. The number of methoxy groups -OCH3 is 2. The average molecular weight is 984 g/mol. The molecule has 0 spiro atoms. The number of phenolic OH excluding ortho intramolecular Hbond substituents is 2. The smallest absolute Gasteiger partial charge is 0.259 e. The number of nitriles is 2. The van der Waals surface area contributed by atoms with Gasteiger partial charge in [0.15, 0.2) is 5.75 Å². The molecule has 74 heavy (non-hydrogen) atoms. The third kappa shape index (κ3) is 11.6. The Hall–Kier alpha value is -10.8. The van der Waals surface area contributed by atoms with Gasteiger partial charge in [-0.05, 0) is 101 Å². The molecule has 6 aromatic carbocycles. The van der Waals surface area contributed by atoms with Crippen molar-refractivity contribution in [3.8, 4) is 41.1 Å². The summed E-state index contributed by atoms with van der Waals surface area (Å²) < 4.78 is 11.5. The van der Waals surface area contributed by atoms with E-state index in [9.17, 15) is 25.1 Å². The number of nitrogen functional groups attached to an aromatic ring is 1. The van der Waals surface area contributed by atoms with Gasteiger partial charge in [-0.1, -0.05) is 62.0 Å². The van der Waals surface area contributed by atoms with Crippen LogP contribution in [0.15, 0.2) is 192 Å². The van der Waals surface area contributed by atoms with Crippen molar-refractivity contribution in [1.82, 2.24) is 29.7 Å². The highest BCUT2D eigenvalue weighted by Crippen LogP contribution is 2.41. The first-order chi connectivity index (χ1) is 35.6. The number of carbonyl (C=O) groups excluding carboxylic acids is 2. The maximum absolute atomic E-state index is 13.1. The van der Waals surface area contributed by atoms with Gasteiger partial charge in [0.05, 0.1) is 48.7 Å². The SMILES string of the molecule is C.COc1ccc(NC(=O)c2cc3ccccc3c(N=NC3=C(C#N)C=CC3c3ncccn3)c2O)cc1.COc1ccc(NC(=O)c2cc3ccccc3cc2O)cc1.N#Cc1cnn(-c2ncccn2)c1N. The highest BCUT2D eigenvalue weighted by Gasteiger charge is 2.26. The number of carbonyl (C=O) groups is 2. The normalized spacial score (nSPS) is 12.3. The number of anilines is 3. The Morgan fingerprint density at radius 3 is 1.80 bits per heavy atom. The summed E-state index contributed by atoms with van der Waals surface area (Å²) in [6, 6.07) is 40.9. The van der Waals surface area contributed by atoms with Gasteiger partial charge in [-0.15, -0.1) is 5.11 Å². The molecule has 1 atom stereocenters. The minimum atomic E-state index is -0.514. The molecule has 10 rings (SSSR count). The van der Waals surface area contributed by atoms with Crippen molar-refractivity contribution in [2.45, 2.75) is 13.3 Å². The van der Waals surface area contributed by atoms with Crippen molar-refractivity contribution in [3.63, 3.8) is 0 Å². The van der Waals surface area contributed by atoms with Crippen molar-refractivity contribution >= 4 is 56.2 Å². The van der Waals surface area contributed by atoms with Gasteiger partial charge in [0.25, 0.3) is 17.8 Å². The fourth-order valence-corrected chi connectivity index (χ4v) is 7.28. The maximum Gasteiger partial charge on any atom is 0.259 e. The van der Waals surface area contributed by atoms with Gasteiger partial charge in [0.1, 0.15) is 52.3 Å². The Balaban J connectivity index is 0.000000182. The molecule has 0 bridgehead atoms. The molecule has 1 aliphatic rings. The first kappa shape index (κ1) is 51.1. The molecule has 19 heteroatoms. The number of fused-ring (bicyclic) bond motifs is 2. The molecule has 9 aromatic rings. The van der Waals surface area contributed by atoms with Gasteiger partial charge in [-0.2, -0.15) is 25.4 Å². The number of amides is 2. The molecule has 2 amide bonds. The number of benzene rings is 6. The molecule has 0 saturated carbocycles. The summed E-state index contributed by atoms with van der Waals surface area (Å²) in [7, 11) is 3.14. The predicted octanol–water partition coefficient (Wildman–Crippen LogP) is 10.4. The van der Waals surface area contributed by atoms with E-state index in [1.54, 1.807) is 142 Å². The molecule has 366 valence electrons. The van der Waals surface area contributed by atoms with Crippen molar-refractivity contribution in [2.75, 3.05) is 30.6 Å². The lowest BCUT2D eigenvalue weighted by molar-refractivity contribution is 0.101. The van der Waals surface area contributed by atoms with Gasteiger partial charge >= 0.3 is 0 Å². The van der Waals surface area contributed by atoms with Crippen molar-refractivity contribution in [3.05, 3.63) is 204 Å².